The highest BCUT2D eigenvalue weighted by Gasteiger charge is 2.17. The molecular weight excluding hydrogens is 312 g/mol. The molecule has 1 heterocycles. The number of esters is 1. The quantitative estimate of drug-likeness (QED) is 0.459. The van der Waals surface area contributed by atoms with Gasteiger partial charge in [0.05, 0.1) is 18.4 Å². The van der Waals surface area contributed by atoms with E-state index in [1.54, 1.807) is 4.90 Å². The van der Waals surface area contributed by atoms with E-state index in [-0.39, 0.29) is 18.3 Å². The number of carbonyl (C=O) groups excluding carboxylic acids is 2. The molecule has 0 saturated carbocycles. The lowest BCUT2D eigenvalue weighted by Crippen LogP contribution is -2.34. The average Bonchev–Trinajstić information content (AvgIpc) is 3.11. The van der Waals surface area contributed by atoms with E-state index in [9.17, 15) is 9.59 Å². The van der Waals surface area contributed by atoms with Crippen molar-refractivity contribution in [2.75, 3.05) is 39.8 Å². The van der Waals surface area contributed by atoms with Gasteiger partial charge in [0.2, 0.25) is 0 Å². The largest absolute Gasteiger partial charge is 0.469 e. The van der Waals surface area contributed by atoms with E-state index in [1.807, 2.05) is 17.5 Å². The van der Waals surface area contributed by atoms with Crippen LogP contribution in [0.25, 0.3) is 0 Å². The van der Waals surface area contributed by atoms with Crippen LogP contribution in [0.3, 0.4) is 0 Å². The van der Waals surface area contributed by atoms with Crippen molar-refractivity contribution in [1.29, 1.82) is 0 Å². The van der Waals surface area contributed by atoms with Gasteiger partial charge >= 0.3 is 5.97 Å². The summed E-state index contributed by atoms with van der Waals surface area (Å²) in [5.74, 6) is -0.274. The minimum Gasteiger partial charge on any atom is -0.469 e. The molecule has 6 heteroatoms. The molecular formula is C17H28N2O3S. The van der Waals surface area contributed by atoms with Gasteiger partial charge in [-0.15, -0.1) is 11.3 Å². The second-order valence-electron chi connectivity index (χ2n) is 5.33. The summed E-state index contributed by atoms with van der Waals surface area (Å²) in [7, 11) is 1.37. The number of unbranched alkanes of at least 4 members (excludes halogenated alkanes) is 1. The number of rotatable bonds is 11. The molecule has 0 N–H and O–H groups in total. The monoisotopic (exact) mass is 340 g/mol. The zero-order valence-corrected chi connectivity index (χ0v) is 15.2. The van der Waals surface area contributed by atoms with E-state index in [2.05, 4.69) is 23.5 Å². The molecule has 1 amide bonds. The summed E-state index contributed by atoms with van der Waals surface area (Å²) in [6.07, 6.45) is 2.23. The van der Waals surface area contributed by atoms with E-state index in [0.29, 0.717) is 13.1 Å². The van der Waals surface area contributed by atoms with Crippen LogP contribution in [0, 0.1) is 0 Å². The van der Waals surface area contributed by atoms with Gasteiger partial charge in [-0.25, -0.2) is 0 Å². The first-order valence-corrected chi connectivity index (χ1v) is 9.12. The van der Waals surface area contributed by atoms with Crippen LogP contribution in [0.15, 0.2) is 17.5 Å². The predicted octanol–water partition coefficient (Wildman–Crippen LogP) is 2.88. The first kappa shape index (κ1) is 19.6. The Labute approximate surface area is 143 Å². The molecule has 0 spiro atoms. The number of amides is 1. The van der Waals surface area contributed by atoms with Crippen LogP contribution in [-0.4, -0.2) is 61.5 Å². The molecule has 130 valence electrons. The summed E-state index contributed by atoms with van der Waals surface area (Å²) in [4.78, 5) is 28.7. The summed E-state index contributed by atoms with van der Waals surface area (Å²) in [6, 6.07) is 3.70. The van der Waals surface area contributed by atoms with Gasteiger partial charge in [0.1, 0.15) is 0 Å². The molecule has 0 fully saturated rings. The van der Waals surface area contributed by atoms with Crippen LogP contribution >= 0.6 is 11.3 Å². The average molecular weight is 340 g/mol. The second-order valence-corrected chi connectivity index (χ2v) is 6.28. The van der Waals surface area contributed by atoms with Crippen molar-refractivity contribution in [3.05, 3.63) is 22.4 Å². The topological polar surface area (TPSA) is 49.9 Å². The molecule has 0 atom stereocenters. The number of methoxy groups -OCH3 is 1. The van der Waals surface area contributed by atoms with Gasteiger partial charge in [-0.1, -0.05) is 19.9 Å². The second kappa shape index (κ2) is 11.2. The molecule has 1 aromatic rings. The van der Waals surface area contributed by atoms with Gasteiger partial charge in [-0.2, -0.15) is 0 Å². The minimum atomic E-state index is -0.280. The molecule has 0 unspecified atom stereocenters. The SMILES string of the molecule is CCN(CC)CCCCN(CCC(=O)OC)C(=O)c1cccs1. The lowest BCUT2D eigenvalue weighted by atomic mass is 10.2. The molecule has 0 radical (unpaired) electrons. The van der Waals surface area contributed by atoms with Crippen molar-refractivity contribution < 1.29 is 14.3 Å². The van der Waals surface area contributed by atoms with E-state index in [1.165, 1.54) is 18.4 Å². The first-order chi connectivity index (χ1) is 11.1. The summed E-state index contributed by atoms with van der Waals surface area (Å²) in [5.41, 5.74) is 0. The third-order valence-electron chi connectivity index (χ3n) is 3.88. The fourth-order valence-electron chi connectivity index (χ4n) is 2.38. The van der Waals surface area contributed by atoms with Crippen LogP contribution in [0.4, 0.5) is 0 Å². The van der Waals surface area contributed by atoms with Crippen LogP contribution in [0.2, 0.25) is 0 Å². The zero-order chi connectivity index (χ0) is 17.1. The minimum absolute atomic E-state index is 0.00624. The first-order valence-electron chi connectivity index (χ1n) is 8.24. The Morgan fingerprint density at radius 3 is 2.39 bits per heavy atom. The predicted molar refractivity (Wildman–Crippen MR) is 93.9 cm³/mol. The van der Waals surface area contributed by atoms with Crippen LogP contribution < -0.4 is 0 Å². The molecule has 1 rings (SSSR count). The van der Waals surface area contributed by atoms with E-state index >= 15 is 0 Å². The van der Waals surface area contributed by atoms with Crippen molar-refractivity contribution in [3.8, 4) is 0 Å². The highest BCUT2D eigenvalue weighted by atomic mass is 32.1. The molecule has 1 aromatic heterocycles. The number of carbonyl (C=O) groups is 2. The maximum Gasteiger partial charge on any atom is 0.307 e. The van der Waals surface area contributed by atoms with Gasteiger partial charge in [0, 0.05) is 13.1 Å². The number of thiophene rings is 1. The summed E-state index contributed by atoms with van der Waals surface area (Å²) >= 11 is 1.44. The van der Waals surface area contributed by atoms with Gasteiger partial charge in [0.15, 0.2) is 0 Å². The molecule has 0 aliphatic heterocycles. The van der Waals surface area contributed by atoms with Crippen LogP contribution in [-0.2, 0) is 9.53 Å². The van der Waals surface area contributed by atoms with E-state index in [4.69, 9.17) is 0 Å². The Bertz CT molecular complexity index is 458. The highest BCUT2D eigenvalue weighted by molar-refractivity contribution is 7.12. The zero-order valence-electron chi connectivity index (χ0n) is 14.4. The Kier molecular flexibility index (Phi) is 9.55. The molecule has 5 nitrogen and oxygen atoms in total. The normalized spacial score (nSPS) is 10.8. The van der Waals surface area contributed by atoms with Gasteiger partial charge in [-0.05, 0) is 43.9 Å². The third-order valence-corrected chi connectivity index (χ3v) is 4.74. The Morgan fingerprint density at radius 2 is 1.83 bits per heavy atom. The van der Waals surface area contributed by atoms with Crippen molar-refractivity contribution in [2.45, 2.75) is 33.1 Å². The van der Waals surface area contributed by atoms with Gasteiger partial charge in [-0.3, -0.25) is 9.59 Å². The third kappa shape index (κ3) is 7.14. The van der Waals surface area contributed by atoms with Crippen LogP contribution in [0.1, 0.15) is 42.8 Å². The van der Waals surface area contributed by atoms with Crippen molar-refractivity contribution >= 4 is 23.2 Å². The number of nitrogens with zero attached hydrogens (tertiary/aromatic N) is 2. The van der Waals surface area contributed by atoms with E-state index < -0.39 is 0 Å². The Morgan fingerprint density at radius 1 is 1.13 bits per heavy atom. The molecule has 0 aromatic carbocycles. The molecule has 0 saturated heterocycles. The van der Waals surface area contributed by atoms with Crippen molar-refractivity contribution in [1.82, 2.24) is 9.80 Å². The Hall–Kier alpha value is -1.40. The van der Waals surface area contributed by atoms with Crippen molar-refractivity contribution in [3.63, 3.8) is 0 Å². The highest BCUT2D eigenvalue weighted by Crippen LogP contribution is 2.13. The van der Waals surface area contributed by atoms with Gasteiger partial charge in [0.25, 0.3) is 5.91 Å². The fourth-order valence-corrected chi connectivity index (χ4v) is 3.07. The number of ether oxygens (including phenoxy) is 1. The lowest BCUT2D eigenvalue weighted by molar-refractivity contribution is -0.140. The Balaban J connectivity index is 2.50. The van der Waals surface area contributed by atoms with Crippen LogP contribution in [0.5, 0.6) is 0 Å². The molecule has 23 heavy (non-hydrogen) atoms. The molecule has 0 aliphatic rings. The fraction of sp³-hybridized carbons (Fsp3) is 0.647. The van der Waals surface area contributed by atoms with Gasteiger partial charge < -0.3 is 14.5 Å². The standard InChI is InChI=1S/C17H28N2O3S/c1-4-18(5-2)11-6-7-12-19(13-10-16(20)22-3)17(21)15-9-8-14-23-15/h8-9,14H,4-7,10-13H2,1-3H3. The summed E-state index contributed by atoms with van der Waals surface area (Å²) in [5, 5.41) is 1.89. The number of hydrogen-bond donors (Lipinski definition) is 0. The maximum absolute atomic E-state index is 12.5. The molecule has 0 bridgehead atoms. The lowest BCUT2D eigenvalue weighted by Gasteiger charge is -2.23. The number of hydrogen-bond acceptors (Lipinski definition) is 5. The summed E-state index contributed by atoms with van der Waals surface area (Å²) in [6.45, 7) is 8.56. The smallest absolute Gasteiger partial charge is 0.307 e. The molecule has 0 aliphatic carbocycles. The van der Waals surface area contributed by atoms with Crippen molar-refractivity contribution in [2.24, 2.45) is 0 Å². The maximum atomic E-state index is 12.5. The van der Waals surface area contributed by atoms with E-state index in [0.717, 1.165) is 37.4 Å². The summed E-state index contributed by atoms with van der Waals surface area (Å²) < 4.78 is 4.68.